The van der Waals surface area contributed by atoms with Gasteiger partial charge in [-0.1, -0.05) is 6.07 Å². The standard InChI is InChI=1S/C15H18N2O3S/c1-3-20-12-6-4-11(10-13(12)19-2)5-7-14(18)17-15-16-8-9-21-15/h4,6,8-10H,3,5,7H2,1-2H3,(H,16,17,18). The van der Waals surface area contributed by atoms with Gasteiger partial charge in [-0.2, -0.15) is 0 Å². The summed E-state index contributed by atoms with van der Waals surface area (Å²) >= 11 is 1.41. The van der Waals surface area contributed by atoms with Crippen LogP contribution >= 0.6 is 11.3 Å². The Morgan fingerprint density at radius 1 is 1.38 bits per heavy atom. The highest BCUT2D eigenvalue weighted by molar-refractivity contribution is 7.13. The normalized spacial score (nSPS) is 10.2. The number of nitrogens with one attached hydrogen (secondary N) is 1. The summed E-state index contributed by atoms with van der Waals surface area (Å²) < 4.78 is 10.8. The molecule has 0 radical (unpaired) electrons. The van der Waals surface area contributed by atoms with Crippen LogP contribution in [0.1, 0.15) is 18.9 Å². The van der Waals surface area contributed by atoms with Gasteiger partial charge in [0, 0.05) is 18.0 Å². The van der Waals surface area contributed by atoms with Crippen LogP contribution in [0.3, 0.4) is 0 Å². The lowest BCUT2D eigenvalue weighted by molar-refractivity contribution is -0.116. The van der Waals surface area contributed by atoms with Gasteiger partial charge in [0.2, 0.25) is 5.91 Å². The molecule has 0 aliphatic rings. The maximum Gasteiger partial charge on any atom is 0.226 e. The molecule has 0 bridgehead atoms. The van der Waals surface area contributed by atoms with Gasteiger partial charge < -0.3 is 14.8 Å². The molecule has 1 aromatic heterocycles. The maximum absolute atomic E-state index is 11.8. The fourth-order valence-electron chi connectivity index (χ4n) is 1.87. The third-order valence-electron chi connectivity index (χ3n) is 2.85. The van der Waals surface area contributed by atoms with Crippen molar-refractivity contribution in [2.45, 2.75) is 19.8 Å². The van der Waals surface area contributed by atoms with Crippen LogP contribution < -0.4 is 14.8 Å². The first-order chi connectivity index (χ1) is 10.2. The number of amides is 1. The van der Waals surface area contributed by atoms with E-state index in [2.05, 4.69) is 10.3 Å². The number of carbonyl (C=O) groups is 1. The highest BCUT2D eigenvalue weighted by Gasteiger charge is 2.08. The molecule has 2 aromatic rings. The van der Waals surface area contributed by atoms with E-state index in [0.29, 0.717) is 30.3 Å². The first kappa shape index (κ1) is 15.3. The molecule has 6 heteroatoms. The Balaban J connectivity index is 1.92. The average Bonchev–Trinajstić information content (AvgIpc) is 2.99. The van der Waals surface area contributed by atoms with Gasteiger partial charge in [-0.15, -0.1) is 11.3 Å². The lowest BCUT2D eigenvalue weighted by Gasteiger charge is -2.10. The molecule has 0 unspecified atom stereocenters. The molecule has 0 aliphatic heterocycles. The fraction of sp³-hybridized carbons (Fsp3) is 0.333. The average molecular weight is 306 g/mol. The van der Waals surface area contributed by atoms with Crippen LogP contribution in [0.2, 0.25) is 0 Å². The highest BCUT2D eigenvalue weighted by Crippen LogP contribution is 2.28. The van der Waals surface area contributed by atoms with Crippen LogP contribution in [0, 0.1) is 0 Å². The Morgan fingerprint density at radius 3 is 2.90 bits per heavy atom. The first-order valence-electron chi connectivity index (χ1n) is 6.72. The summed E-state index contributed by atoms with van der Waals surface area (Å²) in [4.78, 5) is 15.8. The van der Waals surface area contributed by atoms with E-state index in [9.17, 15) is 4.79 Å². The number of ether oxygens (including phenoxy) is 2. The number of aromatic nitrogens is 1. The van der Waals surface area contributed by atoms with Crippen LogP contribution in [-0.4, -0.2) is 24.6 Å². The highest BCUT2D eigenvalue weighted by atomic mass is 32.1. The number of methoxy groups -OCH3 is 1. The predicted molar refractivity (Wildman–Crippen MR) is 83.2 cm³/mol. The molecule has 21 heavy (non-hydrogen) atoms. The number of anilines is 1. The van der Waals surface area contributed by atoms with Crippen LogP contribution in [0.4, 0.5) is 5.13 Å². The number of carbonyl (C=O) groups excluding carboxylic acids is 1. The molecule has 1 heterocycles. The van der Waals surface area contributed by atoms with E-state index in [1.165, 1.54) is 11.3 Å². The minimum atomic E-state index is -0.0437. The molecule has 0 spiro atoms. The van der Waals surface area contributed by atoms with Gasteiger partial charge in [-0.25, -0.2) is 4.98 Å². The van der Waals surface area contributed by atoms with Crippen LogP contribution in [-0.2, 0) is 11.2 Å². The summed E-state index contributed by atoms with van der Waals surface area (Å²) in [5.74, 6) is 1.36. The molecule has 0 atom stereocenters. The second-order valence-electron chi connectivity index (χ2n) is 4.30. The van der Waals surface area contributed by atoms with E-state index < -0.39 is 0 Å². The maximum atomic E-state index is 11.8. The Bertz CT molecular complexity index is 585. The van der Waals surface area contributed by atoms with Crippen molar-refractivity contribution >= 4 is 22.4 Å². The predicted octanol–water partition coefficient (Wildman–Crippen LogP) is 3.12. The summed E-state index contributed by atoms with van der Waals surface area (Å²) in [6.07, 6.45) is 2.70. The SMILES string of the molecule is CCOc1ccc(CCC(=O)Nc2nccs2)cc1OC. The smallest absolute Gasteiger partial charge is 0.226 e. The number of aryl methyl sites for hydroxylation is 1. The molecular formula is C15H18N2O3S. The van der Waals surface area contributed by atoms with Crippen molar-refractivity contribution < 1.29 is 14.3 Å². The van der Waals surface area contributed by atoms with E-state index in [0.717, 1.165) is 11.3 Å². The van der Waals surface area contributed by atoms with Crippen LogP contribution in [0.25, 0.3) is 0 Å². The fourth-order valence-corrected chi connectivity index (χ4v) is 2.41. The lowest BCUT2D eigenvalue weighted by atomic mass is 10.1. The molecule has 0 fully saturated rings. The third kappa shape index (κ3) is 4.46. The molecule has 2 rings (SSSR count). The molecule has 1 N–H and O–H groups in total. The van der Waals surface area contributed by atoms with E-state index in [-0.39, 0.29) is 5.91 Å². The second-order valence-corrected chi connectivity index (χ2v) is 5.20. The molecule has 5 nitrogen and oxygen atoms in total. The second kappa shape index (κ2) is 7.64. The zero-order valence-electron chi connectivity index (χ0n) is 12.1. The van der Waals surface area contributed by atoms with Gasteiger partial charge in [0.25, 0.3) is 0 Å². The monoisotopic (exact) mass is 306 g/mol. The van der Waals surface area contributed by atoms with E-state index in [1.54, 1.807) is 13.3 Å². The van der Waals surface area contributed by atoms with Crippen molar-refractivity contribution in [1.82, 2.24) is 4.98 Å². The Kier molecular flexibility index (Phi) is 5.57. The largest absolute Gasteiger partial charge is 0.493 e. The quantitative estimate of drug-likeness (QED) is 0.854. The van der Waals surface area contributed by atoms with Gasteiger partial charge >= 0.3 is 0 Å². The molecule has 0 saturated carbocycles. The number of benzene rings is 1. The molecule has 0 saturated heterocycles. The summed E-state index contributed by atoms with van der Waals surface area (Å²) in [5.41, 5.74) is 1.03. The Labute approximate surface area is 127 Å². The molecular weight excluding hydrogens is 288 g/mol. The molecule has 1 amide bonds. The summed E-state index contributed by atoms with van der Waals surface area (Å²) in [5, 5.41) is 5.22. The molecule has 1 aromatic carbocycles. The summed E-state index contributed by atoms with van der Waals surface area (Å²) in [7, 11) is 1.61. The number of rotatable bonds is 7. The van der Waals surface area contributed by atoms with Crippen molar-refractivity contribution in [3.63, 3.8) is 0 Å². The van der Waals surface area contributed by atoms with Crippen LogP contribution in [0.15, 0.2) is 29.8 Å². The Morgan fingerprint density at radius 2 is 2.24 bits per heavy atom. The minimum Gasteiger partial charge on any atom is -0.493 e. The summed E-state index contributed by atoms with van der Waals surface area (Å²) in [6.45, 7) is 2.52. The zero-order chi connectivity index (χ0) is 15.1. The Hall–Kier alpha value is -2.08. The topological polar surface area (TPSA) is 60.5 Å². The van der Waals surface area contributed by atoms with Crippen molar-refractivity contribution in [3.05, 3.63) is 35.3 Å². The zero-order valence-corrected chi connectivity index (χ0v) is 12.9. The van der Waals surface area contributed by atoms with Gasteiger partial charge in [-0.05, 0) is 31.0 Å². The molecule has 112 valence electrons. The van der Waals surface area contributed by atoms with Crippen LogP contribution in [0.5, 0.6) is 11.5 Å². The molecule has 0 aliphatic carbocycles. The number of nitrogens with zero attached hydrogens (tertiary/aromatic N) is 1. The van der Waals surface area contributed by atoms with Gasteiger partial charge in [0.15, 0.2) is 16.6 Å². The number of hydrogen-bond donors (Lipinski definition) is 1. The first-order valence-corrected chi connectivity index (χ1v) is 7.60. The van der Waals surface area contributed by atoms with Crippen molar-refractivity contribution in [1.29, 1.82) is 0 Å². The van der Waals surface area contributed by atoms with Gasteiger partial charge in [-0.3, -0.25) is 4.79 Å². The number of hydrogen-bond acceptors (Lipinski definition) is 5. The van der Waals surface area contributed by atoms with E-state index >= 15 is 0 Å². The van der Waals surface area contributed by atoms with Gasteiger partial charge in [0.1, 0.15) is 0 Å². The van der Waals surface area contributed by atoms with Gasteiger partial charge in [0.05, 0.1) is 13.7 Å². The summed E-state index contributed by atoms with van der Waals surface area (Å²) in [6, 6.07) is 5.72. The van der Waals surface area contributed by atoms with Crippen molar-refractivity contribution in [2.24, 2.45) is 0 Å². The van der Waals surface area contributed by atoms with Crippen molar-refractivity contribution in [3.8, 4) is 11.5 Å². The minimum absolute atomic E-state index is 0.0437. The number of thiazole rings is 1. The third-order valence-corrected chi connectivity index (χ3v) is 3.54. The lowest BCUT2D eigenvalue weighted by Crippen LogP contribution is -2.12. The van der Waals surface area contributed by atoms with Crippen molar-refractivity contribution in [2.75, 3.05) is 19.0 Å². The van der Waals surface area contributed by atoms with E-state index in [4.69, 9.17) is 9.47 Å². The van der Waals surface area contributed by atoms with E-state index in [1.807, 2.05) is 30.5 Å².